The zero-order valence-corrected chi connectivity index (χ0v) is 26.2. The standard InChI is InChI=1S/C33H41F2N5O5/c1-6-7-11-15-36-23(5)37-19-25-28(45-30(42)27-21(3)17-20(2)18-22(27)4)33(34,35)31(44-25)40-16-14-26(39-32(40)43)38-29(41)24-12-9-8-10-13-24/h8-10,12-14,16-18,23,25,28,31,36-37H,6-7,11,15,19H2,1-5H3,(H,38,39,41,43)/t23?,25-,28-,31-/m1/s1. The lowest BCUT2D eigenvalue weighted by Crippen LogP contribution is -2.49. The Kier molecular flexibility index (Phi) is 11.2. The minimum atomic E-state index is -3.81. The van der Waals surface area contributed by atoms with E-state index in [0.29, 0.717) is 21.3 Å². The number of ether oxygens (including phenoxy) is 2. The Bertz CT molecular complexity index is 1520. The van der Waals surface area contributed by atoms with Crippen molar-refractivity contribution >= 4 is 17.7 Å². The zero-order valence-electron chi connectivity index (χ0n) is 26.2. The number of aryl methyl sites for hydroxylation is 3. The Labute approximate surface area is 261 Å². The van der Waals surface area contributed by atoms with Gasteiger partial charge in [0.25, 0.3) is 5.91 Å². The van der Waals surface area contributed by atoms with E-state index in [9.17, 15) is 14.4 Å². The molecule has 0 spiro atoms. The first-order valence-electron chi connectivity index (χ1n) is 15.2. The summed E-state index contributed by atoms with van der Waals surface area (Å²) in [7, 11) is 0. The molecule has 2 heterocycles. The summed E-state index contributed by atoms with van der Waals surface area (Å²) in [6.07, 6.45) is -1.50. The molecule has 0 bridgehead atoms. The smallest absolute Gasteiger partial charge is 0.351 e. The predicted molar refractivity (Wildman–Crippen MR) is 167 cm³/mol. The van der Waals surface area contributed by atoms with Gasteiger partial charge in [-0.05, 0) is 70.0 Å². The van der Waals surface area contributed by atoms with E-state index in [2.05, 4.69) is 27.9 Å². The molecule has 0 radical (unpaired) electrons. The SMILES string of the molecule is CCCCCNC(C)NC[C@H]1O[C@@H](n2ccc(NC(=O)c3ccccc3)nc2=O)C(F)(F)[C@@H]1OC(=O)c1c(C)cc(C)cc1C. The van der Waals surface area contributed by atoms with E-state index in [0.717, 1.165) is 37.6 Å². The minimum Gasteiger partial charge on any atom is -0.449 e. The van der Waals surface area contributed by atoms with Crippen LogP contribution >= 0.6 is 0 Å². The maximum absolute atomic E-state index is 16.2. The van der Waals surface area contributed by atoms with E-state index in [1.807, 2.05) is 13.8 Å². The molecule has 242 valence electrons. The number of alkyl halides is 2. The second-order valence-corrected chi connectivity index (χ2v) is 11.4. The number of halogens is 2. The summed E-state index contributed by atoms with van der Waals surface area (Å²) in [4.78, 5) is 42.6. The lowest BCUT2D eigenvalue weighted by atomic mass is 9.99. The number of unbranched alkanes of at least 4 members (excludes halogenated alkanes) is 2. The highest BCUT2D eigenvalue weighted by molar-refractivity contribution is 6.03. The van der Waals surface area contributed by atoms with E-state index in [1.54, 1.807) is 56.3 Å². The number of aromatic nitrogens is 2. The molecule has 4 rings (SSSR count). The predicted octanol–water partition coefficient (Wildman–Crippen LogP) is 4.89. The van der Waals surface area contributed by atoms with Crippen LogP contribution in [0.3, 0.4) is 0 Å². The van der Waals surface area contributed by atoms with Crippen LogP contribution in [0.2, 0.25) is 0 Å². The van der Waals surface area contributed by atoms with Gasteiger partial charge in [-0.3, -0.25) is 14.7 Å². The van der Waals surface area contributed by atoms with Gasteiger partial charge in [0.15, 0.2) is 6.10 Å². The highest BCUT2D eigenvalue weighted by atomic mass is 19.3. The van der Waals surface area contributed by atoms with Crippen molar-refractivity contribution in [3.63, 3.8) is 0 Å². The summed E-state index contributed by atoms with van der Waals surface area (Å²) in [5, 5.41) is 8.92. The van der Waals surface area contributed by atoms with Crippen molar-refractivity contribution < 1.29 is 27.8 Å². The van der Waals surface area contributed by atoms with Gasteiger partial charge < -0.3 is 20.1 Å². The van der Waals surface area contributed by atoms with Gasteiger partial charge in [0.2, 0.25) is 6.23 Å². The molecular formula is C33H41F2N5O5. The molecule has 10 nitrogen and oxygen atoms in total. The van der Waals surface area contributed by atoms with E-state index in [1.165, 1.54) is 6.07 Å². The zero-order chi connectivity index (χ0) is 32.7. The lowest BCUT2D eigenvalue weighted by Gasteiger charge is -2.25. The van der Waals surface area contributed by atoms with Gasteiger partial charge in [-0.2, -0.15) is 13.8 Å². The molecule has 1 aromatic heterocycles. The molecule has 4 atom stereocenters. The van der Waals surface area contributed by atoms with Gasteiger partial charge in [-0.15, -0.1) is 0 Å². The number of hydrogen-bond acceptors (Lipinski definition) is 8. The number of hydrogen-bond donors (Lipinski definition) is 3. The van der Waals surface area contributed by atoms with E-state index < -0.39 is 41.9 Å². The quantitative estimate of drug-likeness (QED) is 0.139. The number of carbonyl (C=O) groups is 2. The molecule has 3 N–H and O–H groups in total. The van der Waals surface area contributed by atoms with Gasteiger partial charge in [0.05, 0.1) is 11.7 Å². The molecule has 1 unspecified atom stereocenters. The number of benzene rings is 2. The molecule has 45 heavy (non-hydrogen) atoms. The lowest BCUT2D eigenvalue weighted by molar-refractivity contribution is -0.142. The number of rotatable bonds is 13. The van der Waals surface area contributed by atoms with Crippen molar-refractivity contribution in [2.45, 2.75) is 84.4 Å². The van der Waals surface area contributed by atoms with Crippen LogP contribution in [0.15, 0.2) is 59.5 Å². The first-order chi connectivity index (χ1) is 21.4. The number of esters is 1. The maximum atomic E-state index is 16.2. The van der Waals surface area contributed by atoms with Crippen molar-refractivity contribution in [1.82, 2.24) is 20.2 Å². The largest absolute Gasteiger partial charge is 0.449 e. The second-order valence-electron chi connectivity index (χ2n) is 11.4. The Morgan fingerprint density at radius 1 is 1.07 bits per heavy atom. The van der Waals surface area contributed by atoms with Crippen LogP contribution in [0.5, 0.6) is 0 Å². The van der Waals surface area contributed by atoms with Crippen molar-refractivity contribution in [3.05, 3.63) is 93.0 Å². The van der Waals surface area contributed by atoms with Gasteiger partial charge in [-0.25, -0.2) is 9.59 Å². The summed E-state index contributed by atoms with van der Waals surface area (Å²) in [5.74, 6) is -5.34. The van der Waals surface area contributed by atoms with Gasteiger partial charge in [0.1, 0.15) is 11.9 Å². The minimum absolute atomic E-state index is 0.0920. The molecule has 1 aliphatic rings. The average molecular weight is 626 g/mol. The Balaban J connectivity index is 1.57. The Morgan fingerprint density at radius 2 is 1.76 bits per heavy atom. The van der Waals surface area contributed by atoms with E-state index >= 15 is 8.78 Å². The van der Waals surface area contributed by atoms with Gasteiger partial charge in [0, 0.05) is 18.3 Å². The fourth-order valence-electron chi connectivity index (χ4n) is 5.45. The fourth-order valence-corrected chi connectivity index (χ4v) is 5.45. The monoisotopic (exact) mass is 625 g/mol. The molecule has 1 amide bonds. The van der Waals surface area contributed by atoms with Crippen LogP contribution in [0, 0.1) is 20.8 Å². The maximum Gasteiger partial charge on any atom is 0.351 e. The van der Waals surface area contributed by atoms with Crippen molar-refractivity contribution in [1.29, 1.82) is 0 Å². The molecule has 3 aromatic rings. The van der Waals surface area contributed by atoms with Crippen LogP contribution in [0.25, 0.3) is 0 Å². The average Bonchev–Trinajstić information content (AvgIpc) is 3.23. The van der Waals surface area contributed by atoms with Gasteiger partial charge >= 0.3 is 17.6 Å². The third kappa shape index (κ3) is 8.19. The van der Waals surface area contributed by atoms with Crippen LogP contribution in [-0.2, 0) is 9.47 Å². The highest BCUT2D eigenvalue weighted by Crippen LogP contribution is 2.44. The van der Waals surface area contributed by atoms with Crippen molar-refractivity contribution in [2.75, 3.05) is 18.4 Å². The van der Waals surface area contributed by atoms with Crippen LogP contribution in [0.4, 0.5) is 14.6 Å². The van der Waals surface area contributed by atoms with Crippen LogP contribution < -0.4 is 21.6 Å². The van der Waals surface area contributed by atoms with E-state index in [-0.39, 0.29) is 24.1 Å². The highest BCUT2D eigenvalue weighted by Gasteiger charge is 2.62. The molecule has 1 aliphatic heterocycles. The molecule has 2 aromatic carbocycles. The summed E-state index contributed by atoms with van der Waals surface area (Å²) in [6.45, 7) is 9.92. The third-order valence-corrected chi connectivity index (χ3v) is 7.68. The summed E-state index contributed by atoms with van der Waals surface area (Å²) in [6, 6.07) is 13.1. The fraction of sp³-hybridized carbons (Fsp3) is 0.455. The van der Waals surface area contributed by atoms with Gasteiger partial charge in [-0.1, -0.05) is 55.7 Å². The molecule has 1 fully saturated rings. The number of amides is 1. The number of nitrogens with zero attached hydrogens (tertiary/aromatic N) is 2. The number of carbonyl (C=O) groups excluding carboxylic acids is 2. The summed E-state index contributed by atoms with van der Waals surface area (Å²) < 4.78 is 44.3. The number of anilines is 1. The van der Waals surface area contributed by atoms with E-state index in [4.69, 9.17) is 9.47 Å². The van der Waals surface area contributed by atoms with Crippen molar-refractivity contribution in [2.24, 2.45) is 0 Å². The topological polar surface area (TPSA) is 124 Å². The number of nitrogens with one attached hydrogen (secondary N) is 3. The first kappa shape index (κ1) is 33.9. The third-order valence-electron chi connectivity index (χ3n) is 7.68. The molecule has 0 aliphatic carbocycles. The Morgan fingerprint density at radius 3 is 2.40 bits per heavy atom. The van der Waals surface area contributed by atoms with Crippen molar-refractivity contribution in [3.8, 4) is 0 Å². The molecule has 1 saturated heterocycles. The normalized spacial score (nSPS) is 19.7. The second kappa shape index (κ2) is 14.9. The van der Waals surface area contributed by atoms with Crippen LogP contribution in [-0.4, -0.2) is 58.8 Å². The molecule has 0 saturated carbocycles. The Hall–Kier alpha value is -4.00. The first-order valence-corrected chi connectivity index (χ1v) is 15.2. The summed E-state index contributed by atoms with van der Waals surface area (Å²) in [5.41, 5.74) is 1.60. The summed E-state index contributed by atoms with van der Waals surface area (Å²) >= 11 is 0. The molecule has 12 heteroatoms. The van der Waals surface area contributed by atoms with Crippen LogP contribution in [0.1, 0.15) is 76.7 Å². The molecular weight excluding hydrogens is 584 g/mol.